The lowest BCUT2D eigenvalue weighted by atomic mass is 10.0. The zero-order valence-corrected chi connectivity index (χ0v) is 40.7. The number of nitrogens with two attached hydrogens (primary N) is 2. The van der Waals surface area contributed by atoms with E-state index in [4.69, 9.17) is 72.6 Å². The smallest absolute Gasteiger partial charge is 0.253 e. The molecule has 2 atom stereocenters. The molecule has 0 spiro atoms. The Labute approximate surface area is 421 Å². The standard InChI is InChI=1S/C28H24Cl2FN7O2.C20H21Cl2FN6O/c1-16(25-21(29)6-7-22(31)26(25)30)40-24-12-19(14-34-27(24)33)23-15-38(36-35-23)20-8-10-37(11-9-20)28(39)18-4-2-17(13-32)3-5-18;1-11(18-14(21)2-3-15(23)19(18)22)30-17-8-12(9-26-20(17)24)16-10-29(28-27-16)13-4-6-25-7-5-13/h2-7,12,14-16,20H,8-11H2,1H3,(H2,33,34);2-3,8-11,13,25H,4-7H2,1H3,(H2,24,26). The van der Waals surface area contributed by atoms with E-state index in [2.05, 4.69) is 42.0 Å². The molecule has 0 radical (unpaired) electrons. The first-order chi connectivity index (χ1) is 33.7. The number of carbonyl (C=O) groups is 1. The van der Waals surface area contributed by atoms with Crippen molar-refractivity contribution in [1.82, 2.24) is 50.2 Å². The van der Waals surface area contributed by atoms with Crippen LogP contribution >= 0.6 is 46.4 Å². The highest BCUT2D eigenvalue weighted by molar-refractivity contribution is 6.36. The molecular formula is C48H45Cl4F2N13O3. The van der Waals surface area contributed by atoms with E-state index >= 15 is 0 Å². The molecule has 2 saturated heterocycles. The third-order valence-electron chi connectivity index (χ3n) is 12.0. The van der Waals surface area contributed by atoms with Crippen LogP contribution in [0.5, 0.6) is 11.5 Å². The van der Waals surface area contributed by atoms with E-state index in [0.29, 0.717) is 87.5 Å². The number of anilines is 2. The molecule has 16 nitrogen and oxygen atoms in total. The van der Waals surface area contributed by atoms with Gasteiger partial charge in [0.1, 0.15) is 35.2 Å². The predicted molar refractivity (Wildman–Crippen MR) is 263 cm³/mol. The number of aromatic nitrogens is 8. The number of benzene rings is 3. The van der Waals surface area contributed by atoms with Gasteiger partial charge in [-0.15, -0.1) is 10.2 Å². The number of nitrogens with one attached hydrogen (secondary N) is 1. The summed E-state index contributed by atoms with van der Waals surface area (Å²) in [6.45, 7) is 6.47. The lowest BCUT2D eigenvalue weighted by molar-refractivity contribution is 0.0689. The summed E-state index contributed by atoms with van der Waals surface area (Å²) in [7, 11) is 0. The molecule has 362 valence electrons. The fourth-order valence-corrected chi connectivity index (χ4v) is 9.51. The Morgan fingerprint density at radius 3 is 1.64 bits per heavy atom. The summed E-state index contributed by atoms with van der Waals surface area (Å²) >= 11 is 24.7. The number of carbonyl (C=O) groups excluding carboxylic acids is 1. The quantitative estimate of drug-likeness (QED) is 0.103. The molecule has 1 amide bonds. The Morgan fingerprint density at radius 1 is 0.729 bits per heavy atom. The number of amides is 1. The van der Waals surface area contributed by atoms with E-state index in [0.717, 1.165) is 25.9 Å². The van der Waals surface area contributed by atoms with E-state index in [9.17, 15) is 13.6 Å². The molecule has 9 rings (SSSR count). The molecular weight excluding hydrogens is 986 g/mol. The molecule has 3 aromatic carbocycles. The van der Waals surface area contributed by atoms with Gasteiger partial charge in [0.2, 0.25) is 0 Å². The van der Waals surface area contributed by atoms with Gasteiger partial charge in [-0.1, -0.05) is 56.8 Å². The maximum absolute atomic E-state index is 14.0. The second-order valence-corrected chi connectivity index (χ2v) is 18.2. The maximum Gasteiger partial charge on any atom is 0.253 e. The van der Waals surface area contributed by atoms with Crippen molar-refractivity contribution in [3.63, 3.8) is 0 Å². The number of ether oxygens (including phenoxy) is 2. The molecule has 6 heterocycles. The van der Waals surface area contributed by atoms with Gasteiger partial charge < -0.3 is 31.2 Å². The van der Waals surface area contributed by atoms with Crippen LogP contribution in [0.15, 0.2) is 85.5 Å². The molecule has 2 aliphatic rings. The van der Waals surface area contributed by atoms with Gasteiger partial charge in [0.15, 0.2) is 23.1 Å². The largest absolute Gasteiger partial charge is 0.482 e. The van der Waals surface area contributed by atoms with Crippen molar-refractivity contribution in [2.24, 2.45) is 0 Å². The fraction of sp³-hybridized carbons (Fsp3) is 0.292. The second kappa shape index (κ2) is 22.0. The van der Waals surface area contributed by atoms with E-state index < -0.39 is 23.8 Å². The van der Waals surface area contributed by atoms with Gasteiger partial charge in [-0.2, -0.15) is 5.26 Å². The van der Waals surface area contributed by atoms with Crippen LogP contribution in [0.3, 0.4) is 0 Å². The molecule has 22 heteroatoms. The molecule has 4 aromatic heterocycles. The van der Waals surface area contributed by atoms with Gasteiger partial charge in [-0.3, -0.25) is 4.79 Å². The highest BCUT2D eigenvalue weighted by atomic mass is 35.5. The van der Waals surface area contributed by atoms with Crippen molar-refractivity contribution < 1.29 is 23.0 Å². The van der Waals surface area contributed by atoms with Crippen LogP contribution in [0.1, 0.15) is 90.9 Å². The van der Waals surface area contributed by atoms with Crippen LogP contribution in [-0.2, 0) is 0 Å². The Balaban J connectivity index is 0.000000196. The minimum atomic E-state index is -0.706. The Bertz CT molecular complexity index is 3050. The number of rotatable bonds is 11. The molecule has 5 N–H and O–H groups in total. The van der Waals surface area contributed by atoms with Crippen molar-refractivity contribution in [3.8, 4) is 40.1 Å². The maximum atomic E-state index is 14.0. The van der Waals surface area contributed by atoms with Gasteiger partial charge in [0.25, 0.3) is 5.91 Å². The minimum Gasteiger partial charge on any atom is -0.482 e. The van der Waals surface area contributed by atoms with Crippen molar-refractivity contribution in [3.05, 3.63) is 139 Å². The van der Waals surface area contributed by atoms with Crippen LogP contribution in [0.2, 0.25) is 20.1 Å². The van der Waals surface area contributed by atoms with Crippen LogP contribution in [0, 0.1) is 23.0 Å². The number of nitriles is 1. The lowest BCUT2D eigenvalue weighted by Crippen LogP contribution is -2.39. The van der Waals surface area contributed by atoms with E-state index in [1.165, 1.54) is 24.3 Å². The summed E-state index contributed by atoms with van der Waals surface area (Å²) in [5.74, 6) is -0.291. The first-order valence-electron chi connectivity index (χ1n) is 22.1. The van der Waals surface area contributed by atoms with Crippen molar-refractivity contribution in [2.45, 2.75) is 63.8 Å². The summed E-state index contributed by atoms with van der Waals surface area (Å²) in [5, 5.41) is 29.8. The fourth-order valence-electron chi connectivity index (χ4n) is 8.16. The molecule has 7 aromatic rings. The van der Waals surface area contributed by atoms with Gasteiger partial charge in [-0.05, 0) is 113 Å². The van der Waals surface area contributed by atoms with E-state index in [1.54, 1.807) is 67.3 Å². The Morgan fingerprint density at radius 2 is 1.19 bits per heavy atom. The summed E-state index contributed by atoms with van der Waals surface area (Å²) in [5.41, 5.74) is 16.4. The average Bonchev–Trinajstić information content (AvgIpc) is 4.08. The van der Waals surface area contributed by atoms with Crippen molar-refractivity contribution in [1.29, 1.82) is 5.26 Å². The third-order valence-corrected chi connectivity index (χ3v) is 13.5. The summed E-state index contributed by atoms with van der Waals surface area (Å²) in [4.78, 5) is 23.1. The van der Waals surface area contributed by atoms with E-state index in [1.807, 2.05) is 22.0 Å². The molecule has 2 unspecified atom stereocenters. The third kappa shape index (κ3) is 11.2. The van der Waals surface area contributed by atoms with Crippen LogP contribution in [0.25, 0.3) is 22.5 Å². The van der Waals surface area contributed by atoms with Gasteiger partial charge >= 0.3 is 0 Å². The predicted octanol–water partition coefficient (Wildman–Crippen LogP) is 10.3. The normalized spacial score (nSPS) is 15.1. The van der Waals surface area contributed by atoms with E-state index in [-0.39, 0.29) is 44.4 Å². The van der Waals surface area contributed by atoms with Crippen LogP contribution in [0.4, 0.5) is 20.4 Å². The summed E-state index contributed by atoms with van der Waals surface area (Å²) in [6.07, 6.45) is 8.99. The molecule has 2 aliphatic heterocycles. The first-order valence-corrected chi connectivity index (χ1v) is 23.7. The molecule has 2 fully saturated rings. The second-order valence-electron chi connectivity index (χ2n) is 16.6. The number of hydrogen-bond acceptors (Lipinski definition) is 13. The van der Waals surface area contributed by atoms with Gasteiger partial charge in [0, 0.05) is 63.3 Å². The number of nitrogens with zero attached hydrogens (tertiary/aromatic N) is 10. The molecule has 0 aliphatic carbocycles. The summed E-state index contributed by atoms with van der Waals surface area (Å²) in [6, 6.07) is 17.8. The van der Waals surface area contributed by atoms with Crippen LogP contribution in [-0.4, -0.2) is 76.9 Å². The van der Waals surface area contributed by atoms with Crippen molar-refractivity contribution >= 4 is 63.9 Å². The molecule has 70 heavy (non-hydrogen) atoms. The first kappa shape index (κ1) is 49.8. The monoisotopic (exact) mass is 1030 g/mol. The number of halogens is 6. The van der Waals surface area contributed by atoms with Gasteiger partial charge in [0.05, 0.1) is 46.2 Å². The Kier molecular flexibility index (Phi) is 15.6. The highest BCUT2D eigenvalue weighted by Gasteiger charge is 2.27. The Hall–Kier alpha value is -6.62. The summed E-state index contributed by atoms with van der Waals surface area (Å²) < 4.78 is 43.5. The number of pyridine rings is 2. The number of hydrogen-bond donors (Lipinski definition) is 3. The molecule has 0 bridgehead atoms. The minimum absolute atomic E-state index is 0.0576. The number of piperidine rings is 2. The lowest BCUT2D eigenvalue weighted by Gasteiger charge is -2.31. The number of likely N-dealkylation sites (tertiary alicyclic amines) is 1. The zero-order valence-electron chi connectivity index (χ0n) is 37.7. The topological polar surface area (TPSA) is 214 Å². The van der Waals surface area contributed by atoms with Crippen molar-refractivity contribution in [2.75, 3.05) is 37.6 Å². The average molecular weight is 1030 g/mol. The van der Waals surface area contributed by atoms with Gasteiger partial charge in [-0.25, -0.2) is 28.1 Å². The zero-order chi connectivity index (χ0) is 49.6. The molecule has 0 saturated carbocycles. The number of nitrogen functional groups attached to an aromatic ring is 2. The van der Waals surface area contributed by atoms with Crippen LogP contribution < -0.4 is 26.3 Å². The highest BCUT2D eigenvalue weighted by Crippen LogP contribution is 2.39. The SMILES string of the molecule is CC(Oc1cc(-c2cn(C3CCN(C(=O)c4ccc(C#N)cc4)CC3)nn2)cnc1N)c1c(Cl)ccc(F)c1Cl.CC(Oc1cc(-c2cn(C3CCNCC3)nn2)cnc1N)c1c(Cl)ccc(F)c1Cl.